The van der Waals surface area contributed by atoms with Crippen molar-refractivity contribution >= 4 is 66.9 Å². The van der Waals surface area contributed by atoms with Gasteiger partial charge in [0.1, 0.15) is 4.90 Å². The number of nitrogens with two attached hydrogens (primary N) is 2. The maximum atomic E-state index is 11.4. The van der Waals surface area contributed by atoms with Crippen molar-refractivity contribution in [2.24, 2.45) is 11.5 Å². The molecule has 0 aliphatic heterocycles. The molecule has 0 aliphatic rings. The first-order valence-corrected chi connectivity index (χ1v) is 10.5. The molecule has 0 bridgehead atoms. The standard InChI is InChI=1S/C10H8.C9H12N4O3S3/c1-2-6-10-8-4-3-7-9(10)5-1;1-4-2-3-5(12-8(10)17)6(13-9(11)18)7(4)19(14,15)16/h1-8H;2-3H,1H3,(H3,10,12,17)(H3,11,13,18)(H,14,15,16). The van der Waals surface area contributed by atoms with Crippen LogP contribution in [0.15, 0.2) is 65.6 Å². The molecule has 0 fully saturated rings. The van der Waals surface area contributed by atoms with Gasteiger partial charge in [-0.25, -0.2) is 0 Å². The fourth-order valence-corrected chi connectivity index (χ4v) is 3.74. The highest BCUT2D eigenvalue weighted by molar-refractivity contribution is 7.86. The average Bonchev–Trinajstić information content (AvgIpc) is 2.63. The van der Waals surface area contributed by atoms with Crippen LogP contribution in [0.3, 0.4) is 0 Å². The number of thiocarbonyl (C=S) groups is 2. The number of hydrogen-bond donors (Lipinski definition) is 5. The molecule has 3 aromatic carbocycles. The van der Waals surface area contributed by atoms with Crippen LogP contribution in [0.2, 0.25) is 0 Å². The van der Waals surface area contributed by atoms with Gasteiger partial charge < -0.3 is 22.1 Å². The number of hydrogen-bond acceptors (Lipinski definition) is 4. The fraction of sp³-hybridized carbons (Fsp3) is 0.0526. The molecule has 0 spiro atoms. The predicted molar refractivity (Wildman–Crippen MR) is 126 cm³/mol. The number of nitrogens with one attached hydrogen (secondary N) is 2. The lowest BCUT2D eigenvalue weighted by molar-refractivity contribution is 0.483. The number of benzene rings is 3. The Morgan fingerprint density at radius 2 is 1.31 bits per heavy atom. The lowest BCUT2D eigenvalue weighted by Gasteiger charge is -2.16. The van der Waals surface area contributed by atoms with Crippen LogP contribution in [0.25, 0.3) is 10.8 Å². The van der Waals surface area contributed by atoms with Crippen molar-refractivity contribution in [1.82, 2.24) is 0 Å². The largest absolute Gasteiger partial charge is 0.376 e. The van der Waals surface area contributed by atoms with Crippen LogP contribution < -0.4 is 22.1 Å². The molecule has 0 aromatic heterocycles. The molecule has 7 nitrogen and oxygen atoms in total. The Labute approximate surface area is 179 Å². The van der Waals surface area contributed by atoms with E-state index in [1.54, 1.807) is 0 Å². The summed E-state index contributed by atoms with van der Waals surface area (Å²) in [6.45, 7) is 1.51. The van der Waals surface area contributed by atoms with Crippen LogP contribution in [-0.2, 0) is 10.1 Å². The third kappa shape index (κ3) is 6.36. The van der Waals surface area contributed by atoms with Crippen LogP contribution in [0.4, 0.5) is 11.4 Å². The molecule has 0 heterocycles. The Morgan fingerprint density at radius 1 is 0.862 bits per heavy atom. The lowest BCUT2D eigenvalue weighted by Crippen LogP contribution is -2.25. The smallest absolute Gasteiger partial charge is 0.296 e. The molecule has 3 rings (SSSR count). The molecule has 7 N–H and O–H groups in total. The van der Waals surface area contributed by atoms with Gasteiger partial charge >= 0.3 is 0 Å². The summed E-state index contributed by atoms with van der Waals surface area (Å²) in [4.78, 5) is -0.346. The van der Waals surface area contributed by atoms with Crippen LogP contribution in [0.5, 0.6) is 0 Å². The number of fused-ring (bicyclic) bond motifs is 1. The van der Waals surface area contributed by atoms with Crippen molar-refractivity contribution in [3.63, 3.8) is 0 Å². The first-order valence-electron chi connectivity index (χ1n) is 8.27. The van der Waals surface area contributed by atoms with Crippen molar-refractivity contribution in [2.45, 2.75) is 11.8 Å². The highest BCUT2D eigenvalue weighted by atomic mass is 32.2. The van der Waals surface area contributed by atoms with Crippen molar-refractivity contribution in [3.8, 4) is 0 Å². The zero-order valence-corrected chi connectivity index (χ0v) is 17.9. The Morgan fingerprint density at radius 3 is 1.69 bits per heavy atom. The summed E-state index contributed by atoms with van der Waals surface area (Å²) < 4.78 is 32.1. The first-order chi connectivity index (χ1) is 13.6. The van der Waals surface area contributed by atoms with E-state index in [4.69, 9.17) is 11.5 Å². The minimum Gasteiger partial charge on any atom is -0.376 e. The molecule has 0 saturated heterocycles. The molecular formula is C19H20N4O3S3. The van der Waals surface area contributed by atoms with E-state index < -0.39 is 10.1 Å². The minimum atomic E-state index is -4.47. The second-order valence-corrected chi connectivity index (χ2v) is 8.17. The van der Waals surface area contributed by atoms with Gasteiger partial charge in [-0.05, 0) is 53.8 Å². The van der Waals surface area contributed by atoms with Crippen molar-refractivity contribution in [2.75, 3.05) is 10.6 Å². The Hall–Kier alpha value is -2.79. The van der Waals surface area contributed by atoms with Crippen LogP contribution >= 0.6 is 24.4 Å². The maximum absolute atomic E-state index is 11.4. The van der Waals surface area contributed by atoms with Gasteiger partial charge in [0.25, 0.3) is 10.1 Å². The van der Waals surface area contributed by atoms with Crippen LogP contribution in [-0.4, -0.2) is 23.2 Å². The molecule has 0 unspecified atom stereocenters. The quantitative estimate of drug-likeness (QED) is 0.302. The van der Waals surface area contributed by atoms with E-state index in [1.165, 1.54) is 29.8 Å². The van der Waals surface area contributed by atoms with Gasteiger partial charge in [0.05, 0.1) is 11.4 Å². The molecule has 0 saturated carbocycles. The Balaban J connectivity index is 0.000000248. The molecule has 152 valence electrons. The summed E-state index contributed by atoms with van der Waals surface area (Å²) >= 11 is 9.36. The molecule has 0 aliphatic carbocycles. The van der Waals surface area contributed by atoms with Crippen molar-refractivity contribution < 1.29 is 13.0 Å². The molecule has 29 heavy (non-hydrogen) atoms. The van der Waals surface area contributed by atoms with E-state index in [0.717, 1.165) is 0 Å². The molecule has 0 amide bonds. The summed E-state index contributed by atoms with van der Waals surface area (Å²) in [6, 6.07) is 19.7. The summed E-state index contributed by atoms with van der Waals surface area (Å²) in [7, 11) is -4.47. The molecule has 0 radical (unpaired) electrons. The first kappa shape index (κ1) is 22.5. The minimum absolute atomic E-state index is 0.0113. The lowest BCUT2D eigenvalue weighted by atomic mass is 10.1. The van der Waals surface area contributed by atoms with Crippen molar-refractivity contribution in [3.05, 3.63) is 66.2 Å². The summed E-state index contributed by atoms with van der Waals surface area (Å²) in [6.07, 6.45) is 0. The maximum Gasteiger partial charge on any atom is 0.296 e. The van der Waals surface area contributed by atoms with Gasteiger partial charge in [-0.1, -0.05) is 54.6 Å². The molecular weight excluding hydrogens is 428 g/mol. The molecule has 10 heteroatoms. The predicted octanol–water partition coefficient (Wildman–Crippen LogP) is 3.39. The number of anilines is 2. The number of aryl methyl sites for hydroxylation is 1. The molecule has 3 aromatic rings. The van der Waals surface area contributed by atoms with E-state index in [2.05, 4.69) is 83.6 Å². The zero-order valence-electron chi connectivity index (χ0n) is 15.4. The van der Waals surface area contributed by atoms with E-state index in [9.17, 15) is 13.0 Å². The average molecular weight is 449 g/mol. The van der Waals surface area contributed by atoms with Crippen LogP contribution in [0.1, 0.15) is 5.56 Å². The fourth-order valence-electron chi connectivity index (χ4n) is 2.64. The SMILES string of the molecule is Cc1ccc(NC(N)=S)c(NC(N)=S)c1S(=O)(=O)O.c1ccc2ccccc2c1. The third-order valence-electron chi connectivity index (χ3n) is 3.78. The summed E-state index contributed by atoms with van der Waals surface area (Å²) in [5.74, 6) is 0. The highest BCUT2D eigenvalue weighted by Crippen LogP contribution is 2.32. The molecule has 0 atom stereocenters. The van der Waals surface area contributed by atoms with E-state index in [0.29, 0.717) is 5.56 Å². The monoisotopic (exact) mass is 448 g/mol. The third-order valence-corrected chi connectivity index (χ3v) is 5.02. The number of rotatable bonds is 3. The van der Waals surface area contributed by atoms with Crippen LogP contribution in [0, 0.1) is 6.92 Å². The van der Waals surface area contributed by atoms with Gasteiger partial charge in [0.2, 0.25) is 0 Å². The van der Waals surface area contributed by atoms with Gasteiger partial charge in [0.15, 0.2) is 10.2 Å². The van der Waals surface area contributed by atoms with Gasteiger partial charge in [-0.3, -0.25) is 4.55 Å². The van der Waals surface area contributed by atoms with Crippen molar-refractivity contribution in [1.29, 1.82) is 0 Å². The topological polar surface area (TPSA) is 130 Å². The Bertz CT molecular complexity index is 1100. The highest BCUT2D eigenvalue weighted by Gasteiger charge is 2.22. The summed E-state index contributed by atoms with van der Waals surface area (Å²) in [5.41, 5.74) is 11.2. The second-order valence-electron chi connectivity index (χ2n) is 5.93. The van der Waals surface area contributed by atoms with E-state index >= 15 is 0 Å². The normalized spacial score (nSPS) is 10.6. The van der Waals surface area contributed by atoms with Gasteiger partial charge in [0, 0.05) is 0 Å². The van der Waals surface area contributed by atoms with E-state index in [-0.39, 0.29) is 26.5 Å². The second kappa shape index (κ2) is 9.61. The van der Waals surface area contributed by atoms with E-state index in [1.807, 2.05) is 0 Å². The van der Waals surface area contributed by atoms with Gasteiger partial charge in [-0.2, -0.15) is 8.42 Å². The zero-order chi connectivity index (χ0) is 21.6. The Kier molecular flexibility index (Phi) is 7.46. The van der Waals surface area contributed by atoms with Gasteiger partial charge in [-0.15, -0.1) is 0 Å². The summed E-state index contributed by atoms with van der Waals surface area (Å²) in [5, 5.41) is 7.44.